The Bertz CT molecular complexity index is 1220. The third kappa shape index (κ3) is 1.77. The molecule has 0 atom stereocenters. The smallest absolute Gasteiger partial charge is 0.211 e. The van der Waals surface area contributed by atoms with Gasteiger partial charge in [-0.25, -0.2) is 0 Å². The molecule has 2 heterocycles. The van der Waals surface area contributed by atoms with E-state index in [1.807, 2.05) is 42.5 Å². The number of fused-ring (bicyclic) bond motifs is 6. The highest BCUT2D eigenvalue weighted by atomic mass is 32.1. The fourth-order valence-corrected chi connectivity index (χ4v) is 4.24. The maximum absolute atomic E-state index is 13.0. The van der Waals surface area contributed by atoms with Gasteiger partial charge in [-0.1, -0.05) is 54.6 Å². The summed E-state index contributed by atoms with van der Waals surface area (Å²) in [4.78, 5) is 13.0. The van der Waals surface area contributed by atoms with Crippen LogP contribution >= 0.6 is 11.3 Å². The van der Waals surface area contributed by atoms with Crippen LogP contribution in [0.2, 0.25) is 0 Å². The molecule has 0 saturated carbocycles. The van der Waals surface area contributed by atoms with Gasteiger partial charge in [-0.3, -0.25) is 9.89 Å². The summed E-state index contributed by atoms with van der Waals surface area (Å²) < 4.78 is 1.20. The molecule has 0 aliphatic carbocycles. The van der Waals surface area contributed by atoms with Crippen molar-refractivity contribution in [3.05, 3.63) is 77.3 Å². The number of H-pyrrole nitrogens is 1. The Morgan fingerprint density at radius 1 is 0.875 bits per heavy atom. The molecule has 0 spiro atoms. The largest absolute Gasteiger partial charge is 0.287 e. The van der Waals surface area contributed by atoms with Gasteiger partial charge in [-0.15, -0.1) is 11.3 Å². The Morgan fingerprint density at radius 3 is 2.46 bits per heavy atom. The minimum Gasteiger partial charge on any atom is -0.287 e. The number of hydrogen-bond acceptors (Lipinski definition) is 3. The lowest BCUT2D eigenvalue weighted by molar-refractivity contribution is 0.103. The number of benzene rings is 3. The van der Waals surface area contributed by atoms with Gasteiger partial charge in [0.25, 0.3) is 0 Å². The van der Waals surface area contributed by atoms with Gasteiger partial charge < -0.3 is 0 Å². The highest BCUT2D eigenvalue weighted by Crippen LogP contribution is 2.38. The Hall–Kier alpha value is -2.98. The van der Waals surface area contributed by atoms with Crippen LogP contribution < -0.4 is 0 Å². The summed E-state index contributed by atoms with van der Waals surface area (Å²) in [7, 11) is 0. The van der Waals surface area contributed by atoms with Crippen molar-refractivity contribution in [3.8, 4) is 0 Å². The first-order chi connectivity index (χ1) is 11.8. The summed E-state index contributed by atoms with van der Waals surface area (Å²) >= 11 is 1.70. The number of rotatable bonds is 2. The summed E-state index contributed by atoms with van der Waals surface area (Å²) in [5.74, 6) is -0.0270. The first-order valence-corrected chi connectivity index (χ1v) is 8.58. The summed E-state index contributed by atoms with van der Waals surface area (Å²) in [6, 6.07) is 19.6. The molecule has 24 heavy (non-hydrogen) atoms. The maximum atomic E-state index is 13.0. The molecular formula is C20H12N2OS. The molecule has 5 rings (SSSR count). The van der Waals surface area contributed by atoms with Crippen molar-refractivity contribution in [1.82, 2.24) is 10.2 Å². The van der Waals surface area contributed by atoms with E-state index in [1.54, 1.807) is 11.3 Å². The number of aromatic amines is 1. The first kappa shape index (κ1) is 13.5. The van der Waals surface area contributed by atoms with Gasteiger partial charge >= 0.3 is 0 Å². The zero-order valence-electron chi connectivity index (χ0n) is 12.6. The molecule has 3 nitrogen and oxygen atoms in total. The number of ketones is 1. The minimum atomic E-state index is -0.0270. The lowest BCUT2D eigenvalue weighted by Gasteiger charge is -2.03. The zero-order chi connectivity index (χ0) is 16.1. The van der Waals surface area contributed by atoms with E-state index >= 15 is 0 Å². The van der Waals surface area contributed by atoms with Crippen LogP contribution in [-0.4, -0.2) is 16.0 Å². The van der Waals surface area contributed by atoms with Gasteiger partial charge in [-0.2, -0.15) is 5.10 Å². The van der Waals surface area contributed by atoms with Gasteiger partial charge in [0.05, 0.1) is 0 Å². The third-order valence-corrected chi connectivity index (χ3v) is 5.34. The summed E-state index contributed by atoms with van der Waals surface area (Å²) in [6.07, 6.45) is 0. The van der Waals surface area contributed by atoms with E-state index in [4.69, 9.17) is 0 Å². The van der Waals surface area contributed by atoms with Crippen LogP contribution in [0, 0.1) is 0 Å². The zero-order valence-corrected chi connectivity index (χ0v) is 13.4. The van der Waals surface area contributed by atoms with Gasteiger partial charge in [-0.05, 0) is 11.4 Å². The van der Waals surface area contributed by atoms with Crippen LogP contribution in [0.3, 0.4) is 0 Å². The molecule has 114 valence electrons. The lowest BCUT2D eigenvalue weighted by atomic mass is 9.99. The SMILES string of the molecule is O=C(c1ccccc1)c1[nH]nc2c3ccccc3c3sccc3c12. The van der Waals surface area contributed by atoms with E-state index in [0.717, 1.165) is 21.7 Å². The molecular weight excluding hydrogens is 316 g/mol. The molecule has 0 saturated heterocycles. The van der Waals surface area contributed by atoms with Crippen LogP contribution in [0.4, 0.5) is 0 Å². The minimum absolute atomic E-state index is 0.0270. The number of hydrogen-bond donors (Lipinski definition) is 1. The first-order valence-electron chi connectivity index (χ1n) is 7.70. The number of aromatic nitrogens is 2. The standard InChI is InChI=1S/C20H12N2OS/c23-19(12-6-2-1-3-7-12)18-16-15-10-11-24-20(15)14-9-5-4-8-13(14)17(16)21-22-18/h1-11H,(H,21,22). The molecule has 0 fully saturated rings. The van der Waals surface area contributed by atoms with E-state index in [2.05, 4.69) is 33.8 Å². The number of carbonyl (C=O) groups is 1. The van der Waals surface area contributed by atoms with E-state index in [0.29, 0.717) is 11.3 Å². The average Bonchev–Trinajstić information content (AvgIpc) is 3.29. The van der Waals surface area contributed by atoms with Gasteiger partial charge in [0.1, 0.15) is 11.2 Å². The van der Waals surface area contributed by atoms with Crippen molar-refractivity contribution in [2.24, 2.45) is 0 Å². The Morgan fingerprint density at radius 2 is 1.62 bits per heavy atom. The van der Waals surface area contributed by atoms with Crippen molar-refractivity contribution in [3.63, 3.8) is 0 Å². The van der Waals surface area contributed by atoms with Gasteiger partial charge in [0, 0.05) is 31.8 Å². The molecule has 0 radical (unpaired) electrons. The average molecular weight is 328 g/mol. The van der Waals surface area contributed by atoms with Crippen LogP contribution in [0.25, 0.3) is 31.8 Å². The van der Waals surface area contributed by atoms with Crippen LogP contribution in [0.1, 0.15) is 16.1 Å². The van der Waals surface area contributed by atoms with Crippen molar-refractivity contribution in [2.75, 3.05) is 0 Å². The van der Waals surface area contributed by atoms with Gasteiger partial charge in [0.15, 0.2) is 0 Å². The normalized spacial score (nSPS) is 11.5. The van der Waals surface area contributed by atoms with Crippen molar-refractivity contribution < 1.29 is 4.79 Å². The Kier molecular flexibility index (Phi) is 2.81. The van der Waals surface area contributed by atoms with Crippen molar-refractivity contribution >= 4 is 48.9 Å². The second kappa shape index (κ2) is 5.01. The van der Waals surface area contributed by atoms with E-state index in [-0.39, 0.29) is 5.78 Å². The molecule has 4 heteroatoms. The van der Waals surface area contributed by atoms with E-state index in [1.165, 1.54) is 10.1 Å². The predicted octanol–water partition coefficient (Wildman–Crippen LogP) is 5.16. The number of nitrogens with zero attached hydrogens (tertiary/aromatic N) is 1. The number of nitrogens with one attached hydrogen (secondary N) is 1. The topological polar surface area (TPSA) is 45.8 Å². The third-order valence-electron chi connectivity index (χ3n) is 4.39. The van der Waals surface area contributed by atoms with Crippen molar-refractivity contribution in [1.29, 1.82) is 0 Å². The number of carbonyl (C=O) groups excluding carboxylic acids is 1. The Balaban J connectivity index is 1.91. The summed E-state index contributed by atoms with van der Waals surface area (Å²) in [5, 5.41) is 13.8. The fraction of sp³-hybridized carbons (Fsp3) is 0. The molecule has 2 aromatic heterocycles. The molecule has 0 bridgehead atoms. The Labute approximate surface area is 141 Å². The molecule has 5 aromatic rings. The quantitative estimate of drug-likeness (QED) is 0.455. The fourth-order valence-electron chi connectivity index (χ4n) is 3.30. The van der Waals surface area contributed by atoms with Crippen LogP contribution in [-0.2, 0) is 0 Å². The number of thiophene rings is 1. The van der Waals surface area contributed by atoms with E-state index in [9.17, 15) is 4.79 Å². The lowest BCUT2D eigenvalue weighted by Crippen LogP contribution is -2.02. The van der Waals surface area contributed by atoms with E-state index < -0.39 is 0 Å². The molecule has 0 aliphatic rings. The molecule has 1 N–H and O–H groups in total. The second-order valence-electron chi connectivity index (χ2n) is 5.73. The highest BCUT2D eigenvalue weighted by Gasteiger charge is 2.20. The van der Waals surface area contributed by atoms with Crippen LogP contribution in [0.5, 0.6) is 0 Å². The molecule has 0 aliphatic heterocycles. The summed E-state index contributed by atoms with van der Waals surface area (Å²) in [6.45, 7) is 0. The maximum Gasteiger partial charge on any atom is 0.211 e. The monoisotopic (exact) mass is 328 g/mol. The van der Waals surface area contributed by atoms with Crippen molar-refractivity contribution in [2.45, 2.75) is 0 Å². The highest BCUT2D eigenvalue weighted by molar-refractivity contribution is 7.18. The molecule has 0 amide bonds. The van der Waals surface area contributed by atoms with Crippen LogP contribution in [0.15, 0.2) is 66.0 Å². The molecule has 3 aromatic carbocycles. The predicted molar refractivity (Wildman–Crippen MR) is 98.9 cm³/mol. The van der Waals surface area contributed by atoms with Gasteiger partial charge in [0.2, 0.25) is 5.78 Å². The summed E-state index contributed by atoms with van der Waals surface area (Å²) in [5.41, 5.74) is 2.08. The molecule has 0 unspecified atom stereocenters. The second-order valence-corrected chi connectivity index (χ2v) is 6.64.